The minimum Gasteiger partial charge on any atom is -0.393 e. The standard InChI is InChI=1S/C12H16INO2/c1-8(15)5-6-14-12-4-3-10(9(2)16)7-11(12)13/h3-4,7-8,14-15H,5-6H2,1-2H3. The molecule has 0 heterocycles. The third kappa shape index (κ3) is 4.09. The van der Waals surface area contributed by atoms with Crippen molar-refractivity contribution in [1.29, 1.82) is 0 Å². The van der Waals surface area contributed by atoms with Crippen LogP contribution in [0.5, 0.6) is 0 Å². The molecule has 4 heteroatoms. The van der Waals surface area contributed by atoms with Crippen LogP contribution in [0.4, 0.5) is 5.69 Å². The van der Waals surface area contributed by atoms with Crippen LogP contribution in [0.25, 0.3) is 0 Å². The molecule has 0 fully saturated rings. The zero-order valence-corrected chi connectivity index (χ0v) is 11.6. The number of halogens is 1. The molecular weight excluding hydrogens is 317 g/mol. The molecule has 0 spiro atoms. The summed E-state index contributed by atoms with van der Waals surface area (Å²) < 4.78 is 1.02. The summed E-state index contributed by atoms with van der Waals surface area (Å²) in [4.78, 5) is 11.2. The van der Waals surface area contributed by atoms with E-state index in [-0.39, 0.29) is 11.9 Å². The highest BCUT2D eigenvalue weighted by atomic mass is 127. The van der Waals surface area contributed by atoms with Crippen molar-refractivity contribution in [3.05, 3.63) is 27.3 Å². The Morgan fingerprint density at radius 1 is 1.56 bits per heavy atom. The Labute approximate surface area is 109 Å². The molecule has 1 aromatic rings. The molecule has 0 saturated heterocycles. The van der Waals surface area contributed by atoms with E-state index in [1.165, 1.54) is 0 Å². The lowest BCUT2D eigenvalue weighted by Gasteiger charge is -2.10. The molecule has 3 nitrogen and oxygen atoms in total. The number of carbonyl (C=O) groups excluding carboxylic acids is 1. The number of Topliss-reactive ketones (excluding diaryl/α,β-unsaturated/α-hetero) is 1. The van der Waals surface area contributed by atoms with Crippen LogP contribution < -0.4 is 5.32 Å². The van der Waals surface area contributed by atoms with Gasteiger partial charge < -0.3 is 10.4 Å². The van der Waals surface area contributed by atoms with Gasteiger partial charge in [0.1, 0.15) is 0 Å². The maximum atomic E-state index is 11.2. The lowest BCUT2D eigenvalue weighted by Crippen LogP contribution is -2.10. The summed E-state index contributed by atoms with van der Waals surface area (Å²) in [6.45, 7) is 4.06. The molecule has 0 aliphatic heterocycles. The molecule has 0 aromatic heterocycles. The summed E-state index contributed by atoms with van der Waals surface area (Å²) in [5.74, 6) is 0.0773. The molecule has 0 bridgehead atoms. The Hall–Kier alpha value is -0.620. The van der Waals surface area contributed by atoms with E-state index in [4.69, 9.17) is 5.11 Å². The number of ketones is 1. The highest BCUT2D eigenvalue weighted by molar-refractivity contribution is 14.1. The van der Waals surface area contributed by atoms with Crippen molar-refractivity contribution in [2.75, 3.05) is 11.9 Å². The molecule has 0 amide bonds. The van der Waals surface area contributed by atoms with Gasteiger partial charge in [-0.2, -0.15) is 0 Å². The Balaban J connectivity index is 2.64. The number of rotatable bonds is 5. The van der Waals surface area contributed by atoms with E-state index in [0.717, 1.165) is 21.4 Å². The minimum atomic E-state index is -0.290. The first-order valence-corrected chi connectivity index (χ1v) is 6.31. The Kier molecular flexibility index (Phi) is 5.21. The smallest absolute Gasteiger partial charge is 0.159 e. The van der Waals surface area contributed by atoms with Crippen molar-refractivity contribution in [3.8, 4) is 0 Å². The van der Waals surface area contributed by atoms with Gasteiger partial charge in [0.05, 0.1) is 6.10 Å². The van der Waals surface area contributed by atoms with Crippen LogP contribution in [0.3, 0.4) is 0 Å². The zero-order chi connectivity index (χ0) is 12.1. The van der Waals surface area contributed by atoms with E-state index in [1.54, 1.807) is 13.8 Å². The second-order valence-corrected chi connectivity index (χ2v) is 4.98. The highest BCUT2D eigenvalue weighted by Crippen LogP contribution is 2.20. The Bertz CT molecular complexity index is 377. The molecule has 1 aromatic carbocycles. The summed E-state index contributed by atoms with van der Waals surface area (Å²) in [7, 11) is 0. The molecule has 88 valence electrons. The summed E-state index contributed by atoms with van der Waals surface area (Å²) in [5, 5.41) is 12.4. The molecule has 1 rings (SSSR count). The molecule has 1 unspecified atom stereocenters. The number of hydrogen-bond donors (Lipinski definition) is 2. The van der Waals surface area contributed by atoms with E-state index in [9.17, 15) is 4.79 Å². The average Bonchev–Trinajstić information content (AvgIpc) is 2.19. The predicted molar refractivity (Wildman–Crippen MR) is 74.0 cm³/mol. The fraction of sp³-hybridized carbons (Fsp3) is 0.417. The van der Waals surface area contributed by atoms with Crippen molar-refractivity contribution in [2.45, 2.75) is 26.4 Å². The zero-order valence-electron chi connectivity index (χ0n) is 9.46. The van der Waals surface area contributed by atoms with Crippen LogP contribution >= 0.6 is 22.6 Å². The van der Waals surface area contributed by atoms with Crippen LogP contribution in [-0.4, -0.2) is 23.5 Å². The number of carbonyl (C=O) groups is 1. The Morgan fingerprint density at radius 2 is 2.25 bits per heavy atom. The second kappa shape index (κ2) is 6.20. The molecule has 1 atom stereocenters. The number of nitrogens with one attached hydrogen (secondary N) is 1. The normalized spacial score (nSPS) is 12.2. The van der Waals surface area contributed by atoms with Crippen molar-refractivity contribution in [1.82, 2.24) is 0 Å². The van der Waals surface area contributed by atoms with E-state index in [2.05, 4.69) is 27.9 Å². The average molecular weight is 333 g/mol. The third-order valence-corrected chi connectivity index (χ3v) is 3.15. The van der Waals surface area contributed by atoms with Crippen molar-refractivity contribution < 1.29 is 9.90 Å². The van der Waals surface area contributed by atoms with Crippen molar-refractivity contribution >= 4 is 34.1 Å². The van der Waals surface area contributed by atoms with Crippen molar-refractivity contribution in [3.63, 3.8) is 0 Å². The lowest BCUT2D eigenvalue weighted by molar-refractivity contribution is 0.101. The van der Waals surface area contributed by atoms with Gasteiger partial charge in [-0.15, -0.1) is 0 Å². The van der Waals surface area contributed by atoms with Crippen LogP contribution in [-0.2, 0) is 0 Å². The van der Waals surface area contributed by atoms with Gasteiger partial charge >= 0.3 is 0 Å². The number of anilines is 1. The SMILES string of the molecule is CC(=O)c1ccc(NCCC(C)O)c(I)c1. The van der Waals surface area contributed by atoms with Gasteiger partial charge in [-0.25, -0.2) is 0 Å². The molecule has 0 saturated carbocycles. The first-order valence-electron chi connectivity index (χ1n) is 5.23. The Morgan fingerprint density at radius 3 is 2.75 bits per heavy atom. The number of hydrogen-bond acceptors (Lipinski definition) is 3. The quantitative estimate of drug-likeness (QED) is 0.643. The van der Waals surface area contributed by atoms with Gasteiger partial charge in [-0.1, -0.05) is 0 Å². The van der Waals surface area contributed by atoms with E-state index in [1.807, 2.05) is 18.2 Å². The van der Waals surface area contributed by atoms with Crippen LogP contribution in [0.15, 0.2) is 18.2 Å². The summed E-state index contributed by atoms with van der Waals surface area (Å²) in [5.41, 5.74) is 1.73. The predicted octanol–water partition coefficient (Wildman–Crippen LogP) is 2.68. The maximum absolute atomic E-state index is 11.2. The monoisotopic (exact) mass is 333 g/mol. The maximum Gasteiger partial charge on any atom is 0.159 e. The van der Waals surface area contributed by atoms with Gasteiger partial charge in [0, 0.05) is 21.4 Å². The fourth-order valence-electron chi connectivity index (χ4n) is 1.29. The summed E-state index contributed by atoms with van der Waals surface area (Å²) in [6.07, 6.45) is 0.423. The topological polar surface area (TPSA) is 49.3 Å². The van der Waals surface area contributed by atoms with Crippen LogP contribution in [0.2, 0.25) is 0 Å². The molecule has 0 aliphatic rings. The van der Waals surface area contributed by atoms with E-state index >= 15 is 0 Å². The first-order chi connectivity index (χ1) is 7.50. The van der Waals surface area contributed by atoms with E-state index in [0.29, 0.717) is 6.42 Å². The molecule has 0 aliphatic carbocycles. The van der Waals surface area contributed by atoms with Crippen LogP contribution in [0.1, 0.15) is 30.6 Å². The number of aliphatic hydroxyl groups is 1. The number of benzene rings is 1. The van der Waals surface area contributed by atoms with E-state index < -0.39 is 0 Å². The molecule has 2 N–H and O–H groups in total. The molecule has 16 heavy (non-hydrogen) atoms. The fourth-order valence-corrected chi connectivity index (χ4v) is 2.00. The largest absolute Gasteiger partial charge is 0.393 e. The van der Waals surface area contributed by atoms with Gasteiger partial charge in [0.2, 0.25) is 0 Å². The minimum absolute atomic E-state index is 0.0773. The lowest BCUT2D eigenvalue weighted by atomic mass is 10.1. The van der Waals surface area contributed by atoms with Gasteiger partial charge in [-0.3, -0.25) is 4.79 Å². The van der Waals surface area contributed by atoms with Crippen molar-refractivity contribution in [2.24, 2.45) is 0 Å². The van der Waals surface area contributed by atoms with Gasteiger partial charge in [0.15, 0.2) is 5.78 Å². The number of aliphatic hydroxyl groups excluding tert-OH is 1. The first kappa shape index (κ1) is 13.4. The van der Waals surface area contributed by atoms with Gasteiger partial charge in [0.25, 0.3) is 0 Å². The summed E-state index contributed by atoms with van der Waals surface area (Å²) in [6, 6.07) is 5.59. The van der Waals surface area contributed by atoms with Crippen LogP contribution in [0, 0.1) is 3.57 Å². The molecule has 0 radical (unpaired) electrons. The highest BCUT2D eigenvalue weighted by Gasteiger charge is 2.04. The summed E-state index contributed by atoms with van der Waals surface area (Å²) >= 11 is 2.20. The second-order valence-electron chi connectivity index (χ2n) is 3.82. The molecular formula is C12H16INO2. The third-order valence-electron chi connectivity index (χ3n) is 2.25. The van der Waals surface area contributed by atoms with Gasteiger partial charge in [-0.05, 0) is 61.1 Å².